The van der Waals surface area contributed by atoms with Gasteiger partial charge >= 0.3 is 11.9 Å². The number of nitrogens with zero attached hydrogens (tertiary/aromatic N) is 2. The van der Waals surface area contributed by atoms with E-state index >= 15 is 0 Å². The maximum absolute atomic E-state index is 14.1. The summed E-state index contributed by atoms with van der Waals surface area (Å²) in [6.45, 7) is 5.31. The number of rotatable bonds is 8. The van der Waals surface area contributed by atoms with Crippen LogP contribution in [-0.2, 0) is 19.1 Å². The summed E-state index contributed by atoms with van der Waals surface area (Å²) >= 11 is 7.79. The van der Waals surface area contributed by atoms with Gasteiger partial charge in [-0.05, 0) is 55.3 Å². The molecule has 210 valence electrons. The van der Waals surface area contributed by atoms with Crippen LogP contribution in [-0.4, -0.2) is 36.3 Å². The molecule has 0 saturated heterocycles. The first-order valence-corrected chi connectivity index (χ1v) is 14.3. The van der Waals surface area contributed by atoms with Crippen LogP contribution in [0.3, 0.4) is 0 Å². The molecule has 0 amide bonds. The third kappa shape index (κ3) is 5.55. The number of aromatic nitrogens is 1. The molecular weight excluding hydrogens is 564 g/mol. The summed E-state index contributed by atoms with van der Waals surface area (Å²) in [5.74, 6) is -0.627. The Labute approximate surface area is 244 Å². The minimum atomic E-state index is -0.826. The van der Waals surface area contributed by atoms with Crippen molar-refractivity contribution >= 4 is 51.7 Å². The number of benzene rings is 3. The molecule has 0 spiro atoms. The molecule has 1 aliphatic heterocycles. The van der Waals surface area contributed by atoms with Crippen molar-refractivity contribution in [3.8, 4) is 5.75 Å². The maximum atomic E-state index is 14.1. The highest BCUT2D eigenvalue weighted by Gasteiger charge is 2.34. The molecule has 2 heterocycles. The van der Waals surface area contributed by atoms with Crippen molar-refractivity contribution in [2.45, 2.75) is 26.8 Å². The Hall–Kier alpha value is -4.21. The highest BCUT2D eigenvalue weighted by molar-refractivity contribution is 7.07. The Kier molecular flexibility index (Phi) is 8.37. The average molecular weight is 591 g/mol. The molecule has 10 heteroatoms. The van der Waals surface area contributed by atoms with E-state index in [0.29, 0.717) is 36.9 Å². The number of hydrogen-bond acceptors (Lipinski definition) is 8. The zero-order valence-corrected chi connectivity index (χ0v) is 24.3. The van der Waals surface area contributed by atoms with Crippen molar-refractivity contribution in [2.75, 3.05) is 19.8 Å². The van der Waals surface area contributed by atoms with Gasteiger partial charge in [0.05, 0.1) is 29.0 Å². The number of carbonyl (C=O) groups excluding carboxylic acids is 2. The van der Waals surface area contributed by atoms with Gasteiger partial charge in [0.2, 0.25) is 0 Å². The molecule has 0 unspecified atom stereocenters. The standard InChI is InChI=1S/C31H27ClN2O6S/c1-4-38-26(35)17-40-24-15-14-19-10-6-7-11-20(19)22(24)16-25-29(36)34-28(21-12-8-9-13-23(21)32)27(30(37)39-5-2)18(3)33-31(34)41-25/h6-16,28H,4-5,17H2,1-3H3/b25-16-/t28-/m0/s1. The molecule has 41 heavy (non-hydrogen) atoms. The summed E-state index contributed by atoms with van der Waals surface area (Å²) in [6, 6.07) is 17.6. The van der Waals surface area contributed by atoms with E-state index in [2.05, 4.69) is 4.99 Å². The first kappa shape index (κ1) is 28.3. The van der Waals surface area contributed by atoms with E-state index in [1.807, 2.05) is 30.3 Å². The van der Waals surface area contributed by atoms with Gasteiger partial charge in [0.25, 0.3) is 5.56 Å². The summed E-state index contributed by atoms with van der Waals surface area (Å²) in [7, 11) is 0. The van der Waals surface area contributed by atoms with Crippen LogP contribution in [0.4, 0.5) is 0 Å². The molecule has 0 saturated carbocycles. The molecule has 8 nitrogen and oxygen atoms in total. The molecule has 1 atom stereocenters. The number of hydrogen-bond donors (Lipinski definition) is 0. The Morgan fingerprint density at radius 2 is 1.76 bits per heavy atom. The Bertz CT molecular complexity index is 1870. The highest BCUT2D eigenvalue weighted by Crippen LogP contribution is 2.34. The normalized spacial score (nSPS) is 14.9. The second-order valence-electron chi connectivity index (χ2n) is 9.12. The molecule has 0 fully saturated rings. The number of halogens is 1. The van der Waals surface area contributed by atoms with Gasteiger partial charge in [-0.15, -0.1) is 0 Å². The second-order valence-corrected chi connectivity index (χ2v) is 10.5. The molecular formula is C31H27ClN2O6S. The van der Waals surface area contributed by atoms with Gasteiger partial charge in [-0.2, -0.15) is 0 Å². The summed E-state index contributed by atoms with van der Waals surface area (Å²) in [5, 5.41) is 2.18. The van der Waals surface area contributed by atoms with Crippen molar-refractivity contribution in [3.63, 3.8) is 0 Å². The molecule has 5 rings (SSSR count). The zero-order chi connectivity index (χ0) is 29.1. The summed E-state index contributed by atoms with van der Waals surface area (Å²) < 4.78 is 18.1. The first-order chi connectivity index (χ1) is 19.8. The van der Waals surface area contributed by atoms with Crippen LogP contribution in [0.5, 0.6) is 5.75 Å². The lowest BCUT2D eigenvalue weighted by Gasteiger charge is -2.25. The van der Waals surface area contributed by atoms with Crippen LogP contribution in [0.1, 0.15) is 37.9 Å². The minimum Gasteiger partial charge on any atom is -0.481 e. The van der Waals surface area contributed by atoms with Crippen LogP contribution in [0.2, 0.25) is 5.02 Å². The molecule has 1 aliphatic rings. The molecule has 0 aliphatic carbocycles. The fraction of sp³-hybridized carbons (Fsp3) is 0.226. The Balaban J connectivity index is 1.73. The molecule has 3 aromatic carbocycles. The molecule has 0 bridgehead atoms. The van der Waals surface area contributed by atoms with E-state index in [0.717, 1.165) is 10.8 Å². The number of allylic oxidation sites excluding steroid dienone is 1. The van der Waals surface area contributed by atoms with Gasteiger partial charge in [0.1, 0.15) is 11.8 Å². The summed E-state index contributed by atoms with van der Waals surface area (Å²) in [6.07, 6.45) is 1.74. The van der Waals surface area contributed by atoms with E-state index in [4.69, 9.17) is 25.8 Å². The van der Waals surface area contributed by atoms with Crippen LogP contribution in [0.15, 0.2) is 81.7 Å². The molecule has 1 aromatic heterocycles. The highest BCUT2D eigenvalue weighted by atomic mass is 35.5. The Morgan fingerprint density at radius 1 is 1.02 bits per heavy atom. The lowest BCUT2D eigenvalue weighted by atomic mass is 9.96. The van der Waals surface area contributed by atoms with Crippen molar-refractivity contribution in [1.82, 2.24) is 4.57 Å². The van der Waals surface area contributed by atoms with Gasteiger partial charge in [0, 0.05) is 10.6 Å². The number of fused-ring (bicyclic) bond motifs is 2. The first-order valence-electron chi connectivity index (χ1n) is 13.1. The van der Waals surface area contributed by atoms with E-state index in [1.165, 1.54) is 15.9 Å². The van der Waals surface area contributed by atoms with Gasteiger partial charge in [0.15, 0.2) is 11.4 Å². The van der Waals surface area contributed by atoms with Gasteiger partial charge in [-0.1, -0.05) is 71.5 Å². The predicted octanol–water partition coefficient (Wildman–Crippen LogP) is 4.55. The fourth-order valence-corrected chi connectivity index (χ4v) is 6.07. The van der Waals surface area contributed by atoms with Crippen LogP contribution in [0.25, 0.3) is 16.8 Å². The SMILES string of the molecule is CCOC(=O)COc1ccc2ccccc2c1/C=c1\sc2n(c1=O)[C@@H](c1ccccc1Cl)C(C(=O)OCC)=C(C)N=2. The third-order valence-electron chi connectivity index (χ3n) is 6.57. The third-order valence-corrected chi connectivity index (χ3v) is 7.90. The molecule has 4 aromatic rings. The van der Waals surface area contributed by atoms with Crippen LogP contribution in [0, 0.1) is 0 Å². The Morgan fingerprint density at radius 3 is 2.51 bits per heavy atom. The van der Waals surface area contributed by atoms with E-state index in [-0.39, 0.29) is 31.0 Å². The van der Waals surface area contributed by atoms with Crippen molar-refractivity contribution < 1.29 is 23.8 Å². The van der Waals surface area contributed by atoms with Gasteiger partial charge in [-0.25, -0.2) is 14.6 Å². The summed E-state index contributed by atoms with van der Waals surface area (Å²) in [4.78, 5) is 44.3. The predicted molar refractivity (Wildman–Crippen MR) is 158 cm³/mol. The van der Waals surface area contributed by atoms with Crippen molar-refractivity contribution in [1.29, 1.82) is 0 Å². The monoisotopic (exact) mass is 590 g/mol. The maximum Gasteiger partial charge on any atom is 0.344 e. The number of ether oxygens (including phenoxy) is 3. The topological polar surface area (TPSA) is 96.2 Å². The number of esters is 2. The van der Waals surface area contributed by atoms with E-state index < -0.39 is 18.0 Å². The lowest BCUT2D eigenvalue weighted by Crippen LogP contribution is -2.40. The van der Waals surface area contributed by atoms with Gasteiger partial charge < -0.3 is 14.2 Å². The minimum absolute atomic E-state index is 0.172. The lowest BCUT2D eigenvalue weighted by molar-refractivity contribution is -0.145. The molecule has 0 N–H and O–H groups in total. The summed E-state index contributed by atoms with van der Waals surface area (Å²) in [5.41, 5.74) is 1.57. The van der Waals surface area contributed by atoms with E-state index in [1.54, 1.807) is 57.2 Å². The molecule has 0 radical (unpaired) electrons. The number of carbonyl (C=O) groups is 2. The number of thiazole rings is 1. The average Bonchev–Trinajstić information content (AvgIpc) is 3.26. The fourth-order valence-electron chi connectivity index (χ4n) is 4.80. The van der Waals surface area contributed by atoms with Crippen molar-refractivity contribution in [2.24, 2.45) is 4.99 Å². The smallest absolute Gasteiger partial charge is 0.344 e. The van der Waals surface area contributed by atoms with Crippen LogP contribution >= 0.6 is 22.9 Å². The van der Waals surface area contributed by atoms with Crippen LogP contribution < -0.4 is 19.6 Å². The zero-order valence-electron chi connectivity index (χ0n) is 22.7. The van der Waals surface area contributed by atoms with E-state index in [9.17, 15) is 14.4 Å². The van der Waals surface area contributed by atoms with Gasteiger partial charge in [-0.3, -0.25) is 9.36 Å². The largest absolute Gasteiger partial charge is 0.481 e. The quantitative estimate of drug-likeness (QED) is 0.280. The second kappa shape index (κ2) is 12.1. The van der Waals surface area contributed by atoms with Crippen molar-refractivity contribution in [3.05, 3.63) is 108 Å².